The molecule has 2 aromatic carbocycles. The zero-order chi connectivity index (χ0) is 21.0. The van der Waals surface area contributed by atoms with Crippen molar-refractivity contribution >= 4 is 46.6 Å². The molecule has 1 heterocycles. The van der Waals surface area contributed by atoms with Crippen LogP contribution in [-0.4, -0.2) is 21.8 Å². The minimum atomic E-state index is 0. The van der Waals surface area contributed by atoms with Crippen LogP contribution < -0.4 is 10.6 Å². The molecule has 0 saturated heterocycles. The van der Waals surface area contributed by atoms with Crippen molar-refractivity contribution in [2.45, 2.75) is 40.5 Å². The number of halogens is 1. The molecule has 0 unspecified atom stereocenters. The highest BCUT2D eigenvalue weighted by Gasteiger charge is 2.10. The Morgan fingerprint density at radius 2 is 1.40 bits per heavy atom. The Kier molecular flexibility index (Phi) is 8.00. The summed E-state index contributed by atoms with van der Waals surface area (Å²) < 4.78 is 0. The van der Waals surface area contributed by atoms with E-state index in [0.29, 0.717) is 24.7 Å². The molecule has 30 heavy (non-hydrogen) atoms. The van der Waals surface area contributed by atoms with E-state index in [0.717, 1.165) is 33.8 Å². The first-order valence-electron chi connectivity index (χ1n) is 10.00. The van der Waals surface area contributed by atoms with Gasteiger partial charge in [0.25, 0.3) is 0 Å². The highest BCUT2D eigenvalue weighted by atomic mass is 35.5. The second-order valence-electron chi connectivity index (χ2n) is 8.19. The van der Waals surface area contributed by atoms with Gasteiger partial charge in [-0.1, -0.05) is 27.7 Å². The average Bonchev–Trinajstić information content (AvgIpc) is 3.04. The second kappa shape index (κ2) is 10.3. The molecule has 0 radical (unpaired) electrons. The number of amides is 2. The van der Waals surface area contributed by atoms with E-state index in [1.165, 1.54) is 0 Å². The van der Waals surface area contributed by atoms with E-state index in [4.69, 9.17) is 0 Å². The molecule has 0 aliphatic heterocycles. The summed E-state index contributed by atoms with van der Waals surface area (Å²) in [5.74, 6) is 1.41. The maximum Gasteiger partial charge on any atom is 0.224 e. The van der Waals surface area contributed by atoms with Gasteiger partial charge in [-0.3, -0.25) is 9.59 Å². The Hall–Kier alpha value is -2.86. The summed E-state index contributed by atoms with van der Waals surface area (Å²) in [5.41, 5.74) is 4.13. The Morgan fingerprint density at radius 3 is 1.97 bits per heavy atom. The molecule has 0 aliphatic rings. The lowest BCUT2D eigenvalue weighted by molar-refractivity contribution is -0.117. The van der Waals surface area contributed by atoms with E-state index in [1.54, 1.807) is 0 Å². The van der Waals surface area contributed by atoms with Crippen LogP contribution >= 0.6 is 12.4 Å². The first-order chi connectivity index (χ1) is 13.8. The zero-order valence-corrected chi connectivity index (χ0v) is 18.6. The molecule has 3 aromatic rings. The molecular weight excluding hydrogens is 400 g/mol. The van der Waals surface area contributed by atoms with Crippen molar-refractivity contribution in [1.82, 2.24) is 9.97 Å². The number of hydrogen-bond acceptors (Lipinski definition) is 3. The van der Waals surface area contributed by atoms with Gasteiger partial charge in [-0.25, -0.2) is 4.98 Å². The number of imidazole rings is 1. The number of carbonyl (C=O) groups is 2. The Balaban J connectivity index is 0.00000320. The van der Waals surface area contributed by atoms with Crippen molar-refractivity contribution in [3.63, 3.8) is 0 Å². The summed E-state index contributed by atoms with van der Waals surface area (Å²) in [6.45, 7) is 8.08. The number of carbonyl (C=O) groups excluding carboxylic acids is 2. The summed E-state index contributed by atoms with van der Waals surface area (Å²) >= 11 is 0. The van der Waals surface area contributed by atoms with Crippen LogP contribution in [0.25, 0.3) is 22.4 Å². The summed E-state index contributed by atoms with van der Waals surface area (Å²) in [7, 11) is 0. The number of H-pyrrole nitrogens is 1. The summed E-state index contributed by atoms with van der Waals surface area (Å²) in [6, 6.07) is 13.2. The Morgan fingerprint density at radius 1 is 0.867 bits per heavy atom. The number of aromatic nitrogens is 2. The number of nitrogens with zero attached hydrogens (tertiary/aromatic N) is 1. The number of benzene rings is 2. The van der Waals surface area contributed by atoms with Crippen molar-refractivity contribution in [3.05, 3.63) is 42.5 Å². The summed E-state index contributed by atoms with van der Waals surface area (Å²) in [4.78, 5) is 31.8. The molecule has 3 N–H and O–H groups in total. The number of aromatic amines is 1. The van der Waals surface area contributed by atoms with Gasteiger partial charge < -0.3 is 15.6 Å². The normalized spacial score (nSPS) is 10.9. The van der Waals surface area contributed by atoms with Crippen LogP contribution in [0.2, 0.25) is 0 Å². The molecule has 0 fully saturated rings. The van der Waals surface area contributed by atoms with E-state index >= 15 is 0 Å². The van der Waals surface area contributed by atoms with Crippen LogP contribution in [0, 0.1) is 11.8 Å². The highest BCUT2D eigenvalue weighted by molar-refractivity contribution is 5.94. The SMILES string of the molecule is CC(C)CC(=O)Nc1ccc(-c2nc3ccc(NC(=O)CC(C)C)cc3[nH]2)cc1.Cl. The minimum Gasteiger partial charge on any atom is -0.338 e. The van der Waals surface area contributed by atoms with Crippen LogP contribution in [0.15, 0.2) is 42.5 Å². The fraction of sp³-hybridized carbons (Fsp3) is 0.348. The average molecular weight is 429 g/mol. The molecular formula is C23H29ClN4O2. The molecule has 1 aromatic heterocycles. The topological polar surface area (TPSA) is 86.9 Å². The van der Waals surface area contributed by atoms with Crippen molar-refractivity contribution in [3.8, 4) is 11.4 Å². The van der Waals surface area contributed by atoms with Crippen molar-refractivity contribution in [2.75, 3.05) is 10.6 Å². The zero-order valence-electron chi connectivity index (χ0n) is 17.8. The van der Waals surface area contributed by atoms with E-state index in [2.05, 4.69) is 20.6 Å². The van der Waals surface area contributed by atoms with Crippen molar-refractivity contribution < 1.29 is 9.59 Å². The number of hydrogen-bond donors (Lipinski definition) is 3. The molecule has 6 nitrogen and oxygen atoms in total. The number of nitrogens with one attached hydrogen (secondary N) is 3. The first kappa shape index (κ1) is 23.4. The van der Waals surface area contributed by atoms with Gasteiger partial charge in [-0.2, -0.15) is 0 Å². The molecule has 2 amide bonds. The van der Waals surface area contributed by atoms with Gasteiger partial charge in [0.05, 0.1) is 11.0 Å². The molecule has 0 spiro atoms. The fourth-order valence-electron chi connectivity index (χ4n) is 3.10. The number of rotatable bonds is 7. The molecule has 0 aliphatic carbocycles. The van der Waals surface area contributed by atoms with Gasteiger partial charge in [0.1, 0.15) is 5.82 Å². The maximum atomic E-state index is 12.0. The Bertz CT molecular complexity index is 1010. The van der Waals surface area contributed by atoms with Crippen molar-refractivity contribution in [1.29, 1.82) is 0 Å². The minimum absolute atomic E-state index is 0. The fourth-order valence-corrected chi connectivity index (χ4v) is 3.10. The van der Waals surface area contributed by atoms with Crippen LogP contribution in [0.3, 0.4) is 0 Å². The van der Waals surface area contributed by atoms with Gasteiger partial charge >= 0.3 is 0 Å². The van der Waals surface area contributed by atoms with Crippen molar-refractivity contribution in [2.24, 2.45) is 11.8 Å². The molecule has 3 rings (SSSR count). The van der Waals surface area contributed by atoms with Crippen LogP contribution in [0.5, 0.6) is 0 Å². The molecule has 160 valence electrons. The molecule has 7 heteroatoms. The van der Waals surface area contributed by atoms with Crippen LogP contribution in [-0.2, 0) is 9.59 Å². The summed E-state index contributed by atoms with van der Waals surface area (Å²) in [5, 5.41) is 5.83. The lowest BCUT2D eigenvalue weighted by Gasteiger charge is -2.07. The van der Waals surface area contributed by atoms with Gasteiger partial charge in [-0.15, -0.1) is 12.4 Å². The van der Waals surface area contributed by atoms with Gasteiger partial charge in [0.2, 0.25) is 11.8 Å². The standard InChI is InChI=1S/C23H28N4O2.ClH/c1-14(2)11-21(28)24-17-7-5-16(6-8-17)23-26-19-10-9-18(13-20(19)27-23)25-22(29)12-15(3)4;/h5-10,13-15H,11-12H2,1-4H3,(H,24,28)(H,25,29)(H,26,27);1H. The van der Waals surface area contributed by atoms with E-state index in [9.17, 15) is 9.59 Å². The third kappa shape index (κ3) is 6.32. The number of anilines is 2. The van der Waals surface area contributed by atoms with Gasteiger partial charge in [0.15, 0.2) is 0 Å². The van der Waals surface area contributed by atoms with Crippen LogP contribution in [0.1, 0.15) is 40.5 Å². The van der Waals surface area contributed by atoms with E-state index in [-0.39, 0.29) is 24.2 Å². The monoisotopic (exact) mass is 428 g/mol. The third-order valence-corrected chi connectivity index (χ3v) is 4.40. The number of fused-ring (bicyclic) bond motifs is 1. The van der Waals surface area contributed by atoms with E-state index < -0.39 is 0 Å². The highest BCUT2D eigenvalue weighted by Crippen LogP contribution is 2.24. The predicted molar refractivity (Wildman–Crippen MR) is 125 cm³/mol. The quantitative estimate of drug-likeness (QED) is 0.456. The van der Waals surface area contributed by atoms with E-state index in [1.807, 2.05) is 70.2 Å². The molecule has 0 saturated carbocycles. The largest absolute Gasteiger partial charge is 0.338 e. The maximum absolute atomic E-state index is 12.0. The van der Waals surface area contributed by atoms with Gasteiger partial charge in [-0.05, 0) is 54.3 Å². The second-order valence-corrected chi connectivity index (χ2v) is 8.19. The Labute approximate surface area is 183 Å². The molecule has 0 atom stereocenters. The third-order valence-electron chi connectivity index (χ3n) is 4.40. The smallest absolute Gasteiger partial charge is 0.224 e. The van der Waals surface area contributed by atoms with Crippen LogP contribution in [0.4, 0.5) is 11.4 Å². The lowest BCUT2D eigenvalue weighted by atomic mass is 10.1. The first-order valence-corrected chi connectivity index (χ1v) is 10.00. The molecule has 0 bridgehead atoms. The predicted octanol–water partition coefficient (Wildman–Crippen LogP) is 5.62. The summed E-state index contributed by atoms with van der Waals surface area (Å²) in [6.07, 6.45) is 0.994. The van der Waals surface area contributed by atoms with Gasteiger partial charge in [0, 0.05) is 29.8 Å². The lowest BCUT2D eigenvalue weighted by Crippen LogP contribution is -2.13.